The number of aryl methyl sites for hydroxylation is 1. The first-order chi connectivity index (χ1) is 8.61. The van der Waals surface area contributed by atoms with Crippen molar-refractivity contribution in [3.8, 4) is 0 Å². The second-order valence-corrected chi connectivity index (χ2v) is 4.83. The van der Waals surface area contributed by atoms with Gasteiger partial charge in [0.15, 0.2) is 0 Å². The van der Waals surface area contributed by atoms with E-state index in [2.05, 4.69) is 29.1 Å². The lowest BCUT2D eigenvalue weighted by Gasteiger charge is -2.16. The van der Waals surface area contributed by atoms with E-state index in [9.17, 15) is 5.11 Å². The van der Waals surface area contributed by atoms with E-state index in [1.54, 1.807) is 6.92 Å². The molecule has 1 heterocycles. The van der Waals surface area contributed by atoms with Gasteiger partial charge in [0.05, 0.1) is 17.3 Å². The first-order valence-corrected chi connectivity index (χ1v) is 6.42. The molecule has 18 heavy (non-hydrogen) atoms. The first kappa shape index (κ1) is 13.1. The molecule has 1 aromatic carbocycles. The molecule has 0 bridgehead atoms. The van der Waals surface area contributed by atoms with Crippen LogP contribution < -0.4 is 0 Å². The fraction of sp³-hybridized carbons (Fsp3) is 0.500. The molecule has 0 radical (unpaired) electrons. The highest BCUT2D eigenvalue weighted by molar-refractivity contribution is 5.81. The third kappa shape index (κ3) is 2.71. The number of hydrogen-bond acceptors (Lipinski definition) is 3. The van der Waals surface area contributed by atoms with Crippen molar-refractivity contribution in [2.45, 2.75) is 33.0 Å². The molecule has 1 atom stereocenters. The van der Waals surface area contributed by atoms with Crippen molar-refractivity contribution in [1.82, 2.24) is 14.7 Å². The van der Waals surface area contributed by atoms with Crippen LogP contribution in [0.25, 0.3) is 10.9 Å². The molecule has 0 aliphatic carbocycles. The summed E-state index contributed by atoms with van der Waals surface area (Å²) in [5, 5.41) is 15.3. The van der Waals surface area contributed by atoms with Gasteiger partial charge >= 0.3 is 0 Å². The predicted octanol–water partition coefficient (Wildman–Crippen LogP) is 1.87. The van der Waals surface area contributed by atoms with Crippen molar-refractivity contribution in [2.75, 3.05) is 13.6 Å². The minimum Gasteiger partial charge on any atom is -0.392 e. The maximum Gasteiger partial charge on any atom is 0.0843 e. The minimum absolute atomic E-state index is 0.311. The lowest BCUT2D eigenvalue weighted by Crippen LogP contribution is -2.27. The Kier molecular flexibility index (Phi) is 3.99. The quantitative estimate of drug-likeness (QED) is 0.877. The van der Waals surface area contributed by atoms with Crippen LogP contribution >= 0.6 is 0 Å². The fourth-order valence-electron chi connectivity index (χ4n) is 2.33. The van der Waals surface area contributed by atoms with E-state index in [0.29, 0.717) is 6.54 Å². The smallest absolute Gasteiger partial charge is 0.0843 e. The Bertz CT molecular complexity index is 519. The monoisotopic (exact) mass is 247 g/mol. The largest absolute Gasteiger partial charge is 0.392 e. The van der Waals surface area contributed by atoms with Crippen molar-refractivity contribution < 1.29 is 5.11 Å². The van der Waals surface area contributed by atoms with Gasteiger partial charge in [-0.05, 0) is 27.0 Å². The number of benzene rings is 1. The minimum atomic E-state index is -0.311. The molecule has 0 spiro atoms. The van der Waals surface area contributed by atoms with Crippen LogP contribution in [0.1, 0.15) is 19.5 Å². The Morgan fingerprint density at radius 1 is 1.39 bits per heavy atom. The maximum atomic E-state index is 9.40. The summed E-state index contributed by atoms with van der Waals surface area (Å²) in [6, 6.07) is 8.30. The molecule has 4 heteroatoms. The zero-order valence-corrected chi connectivity index (χ0v) is 11.3. The summed E-state index contributed by atoms with van der Waals surface area (Å²) in [4.78, 5) is 2.10. The average Bonchev–Trinajstić information content (AvgIpc) is 2.67. The van der Waals surface area contributed by atoms with Crippen LogP contribution in [0.3, 0.4) is 0 Å². The molecular formula is C14H21N3O. The summed E-state index contributed by atoms with van der Waals surface area (Å²) in [7, 11) is 2.01. The SMILES string of the molecule is CCn1nc(CN(C)CC(C)O)c2ccccc21. The van der Waals surface area contributed by atoms with Gasteiger partial charge < -0.3 is 5.11 Å². The average molecular weight is 247 g/mol. The normalized spacial score (nSPS) is 13.4. The Hall–Kier alpha value is -1.39. The van der Waals surface area contributed by atoms with Crippen LogP contribution in [0.4, 0.5) is 0 Å². The summed E-state index contributed by atoms with van der Waals surface area (Å²) in [5.74, 6) is 0. The van der Waals surface area contributed by atoms with E-state index in [-0.39, 0.29) is 6.10 Å². The molecule has 0 aliphatic heterocycles. The molecule has 1 aromatic heterocycles. The van der Waals surface area contributed by atoms with Gasteiger partial charge in [-0.1, -0.05) is 18.2 Å². The van der Waals surface area contributed by atoms with Gasteiger partial charge in [0.1, 0.15) is 0 Å². The van der Waals surface area contributed by atoms with Gasteiger partial charge in [-0.3, -0.25) is 9.58 Å². The number of aromatic nitrogens is 2. The summed E-state index contributed by atoms with van der Waals surface area (Å²) in [5.41, 5.74) is 2.26. The Labute approximate surface area is 108 Å². The van der Waals surface area contributed by atoms with Gasteiger partial charge in [-0.25, -0.2) is 0 Å². The van der Waals surface area contributed by atoms with E-state index in [1.165, 1.54) is 10.9 Å². The van der Waals surface area contributed by atoms with Crippen LogP contribution in [0.15, 0.2) is 24.3 Å². The van der Waals surface area contributed by atoms with Crippen molar-refractivity contribution in [3.05, 3.63) is 30.0 Å². The highest BCUT2D eigenvalue weighted by Gasteiger charge is 2.11. The number of hydrogen-bond donors (Lipinski definition) is 1. The van der Waals surface area contributed by atoms with Crippen molar-refractivity contribution >= 4 is 10.9 Å². The zero-order valence-electron chi connectivity index (χ0n) is 11.3. The molecule has 0 saturated carbocycles. The molecule has 0 aliphatic rings. The van der Waals surface area contributed by atoms with Gasteiger partial charge in [-0.15, -0.1) is 0 Å². The van der Waals surface area contributed by atoms with Crippen molar-refractivity contribution in [3.63, 3.8) is 0 Å². The number of aliphatic hydroxyl groups excluding tert-OH is 1. The van der Waals surface area contributed by atoms with Gasteiger partial charge in [-0.2, -0.15) is 5.10 Å². The number of rotatable bonds is 5. The van der Waals surface area contributed by atoms with E-state index < -0.39 is 0 Å². The Morgan fingerprint density at radius 3 is 2.78 bits per heavy atom. The second-order valence-electron chi connectivity index (χ2n) is 4.83. The van der Waals surface area contributed by atoms with Gasteiger partial charge in [0.2, 0.25) is 0 Å². The lowest BCUT2D eigenvalue weighted by atomic mass is 10.2. The molecule has 1 unspecified atom stereocenters. The van der Waals surface area contributed by atoms with E-state index >= 15 is 0 Å². The van der Waals surface area contributed by atoms with E-state index in [4.69, 9.17) is 0 Å². The zero-order chi connectivity index (χ0) is 13.1. The molecule has 1 N–H and O–H groups in total. The third-order valence-corrected chi connectivity index (χ3v) is 3.03. The van der Waals surface area contributed by atoms with Crippen LogP contribution in [0.2, 0.25) is 0 Å². The van der Waals surface area contributed by atoms with Crippen LogP contribution in [-0.2, 0) is 13.1 Å². The predicted molar refractivity (Wildman–Crippen MR) is 73.4 cm³/mol. The number of likely N-dealkylation sites (N-methyl/N-ethyl adjacent to an activating group) is 1. The van der Waals surface area contributed by atoms with Gasteiger partial charge in [0, 0.05) is 25.0 Å². The molecule has 0 fully saturated rings. The molecular weight excluding hydrogens is 226 g/mol. The fourth-order valence-corrected chi connectivity index (χ4v) is 2.33. The number of para-hydroxylation sites is 1. The number of aliphatic hydroxyl groups is 1. The maximum absolute atomic E-state index is 9.40. The standard InChI is InChI=1S/C14H21N3O/c1-4-17-14-8-6-5-7-12(14)13(15-17)10-16(3)9-11(2)18/h5-8,11,18H,4,9-10H2,1-3H3. The Morgan fingerprint density at radius 2 is 2.11 bits per heavy atom. The molecule has 2 rings (SSSR count). The topological polar surface area (TPSA) is 41.3 Å². The molecule has 4 nitrogen and oxygen atoms in total. The Balaban J connectivity index is 2.28. The van der Waals surface area contributed by atoms with Gasteiger partial charge in [0.25, 0.3) is 0 Å². The highest BCUT2D eigenvalue weighted by Crippen LogP contribution is 2.19. The first-order valence-electron chi connectivity index (χ1n) is 6.42. The molecule has 0 saturated heterocycles. The molecule has 2 aromatic rings. The number of fused-ring (bicyclic) bond motifs is 1. The lowest BCUT2D eigenvalue weighted by molar-refractivity contribution is 0.138. The van der Waals surface area contributed by atoms with Crippen LogP contribution in [0.5, 0.6) is 0 Å². The molecule has 0 amide bonds. The second kappa shape index (κ2) is 5.50. The van der Waals surface area contributed by atoms with Crippen LogP contribution in [-0.4, -0.2) is 39.5 Å². The molecule has 98 valence electrons. The van der Waals surface area contributed by atoms with Crippen LogP contribution in [0, 0.1) is 0 Å². The van der Waals surface area contributed by atoms with Crippen molar-refractivity contribution in [2.24, 2.45) is 0 Å². The summed E-state index contributed by atoms with van der Waals surface area (Å²) in [6.45, 7) is 6.20. The summed E-state index contributed by atoms with van der Waals surface area (Å²) < 4.78 is 2.03. The third-order valence-electron chi connectivity index (χ3n) is 3.03. The van der Waals surface area contributed by atoms with Crippen molar-refractivity contribution in [1.29, 1.82) is 0 Å². The summed E-state index contributed by atoms with van der Waals surface area (Å²) >= 11 is 0. The summed E-state index contributed by atoms with van der Waals surface area (Å²) in [6.07, 6.45) is -0.311. The van der Waals surface area contributed by atoms with E-state index in [1.807, 2.05) is 23.9 Å². The van der Waals surface area contributed by atoms with E-state index in [0.717, 1.165) is 18.8 Å². The number of nitrogens with zero attached hydrogens (tertiary/aromatic N) is 3. The highest BCUT2D eigenvalue weighted by atomic mass is 16.3.